The van der Waals surface area contributed by atoms with E-state index in [1.165, 1.54) is 0 Å². The lowest BCUT2D eigenvalue weighted by molar-refractivity contribution is 0.0877. The normalized spacial score (nSPS) is 10.5. The van der Waals surface area contributed by atoms with Crippen molar-refractivity contribution in [3.63, 3.8) is 0 Å². The molecular weight excluding hydrogens is 324 g/mol. The van der Waals surface area contributed by atoms with Crippen LogP contribution in [0.3, 0.4) is 0 Å². The SMILES string of the molecule is Cc1ccccc1C(=O)c1ccccc1OCCOCc1ccccc1. The molecule has 0 aliphatic carbocycles. The maximum atomic E-state index is 12.9. The molecule has 26 heavy (non-hydrogen) atoms. The van der Waals surface area contributed by atoms with Gasteiger partial charge in [0.2, 0.25) is 0 Å². The second kappa shape index (κ2) is 8.97. The molecule has 0 amide bonds. The van der Waals surface area contributed by atoms with Gasteiger partial charge in [0.1, 0.15) is 12.4 Å². The van der Waals surface area contributed by atoms with Crippen molar-refractivity contribution in [2.75, 3.05) is 13.2 Å². The predicted molar refractivity (Wildman–Crippen MR) is 103 cm³/mol. The third-order valence-electron chi connectivity index (χ3n) is 4.12. The highest BCUT2D eigenvalue weighted by Crippen LogP contribution is 2.23. The minimum absolute atomic E-state index is 0.0242. The number of hydrogen-bond acceptors (Lipinski definition) is 3. The Hall–Kier alpha value is -2.91. The largest absolute Gasteiger partial charge is 0.490 e. The van der Waals surface area contributed by atoms with E-state index in [1.807, 2.05) is 79.7 Å². The molecule has 3 heteroatoms. The highest BCUT2D eigenvalue weighted by atomic mass is 16.5. The van der Waals surface area contributed by atoms with Gasteiger partial charge >= 0.3 is 0 Å². The van der Waals surface area contributed by atoms with Crippen LogP contribution in [0.5, 0.6) is 5.75 Å². The smallest absolute Gasteiger partial charge is 0.197 e. The number of hydrogen-bond donors (Lipinski definition) is 0. The molecule has 0 N–H and O–H groups in total. The van der Waals surface area contributed by atoms with Crippen LogP contribution in [0.4, 0.5) is 0 Å². The van der Waals surface area contributed by atoms with Gasteiger partial charge in [-0.1, -0.05) is 66.7 Å². The quantitative estimate of drug-likeness (QED) is 0.433. The fourth-order valence-electron chi connectivity index (χ4n) is 2.73. The molecule has 132 valence electrons. The summed E-state index contributed by atoms with van der Waals surface area (Å²) < 4.78 is 11.4. The van der Waals surface area contributed by atoms with Crippen LogP contribution >= 0.6 is 0 Å². The van der Waals surface area contributed by atoms with E-state index < -0.39 is 0 Å². The molecular formula is C23H22O3. The Labute approximate surface area is 154 Å². The van der Waals surface area contributed by atoms with Gasteiger partial charge in [-0.25, -0.2) is 0 Å². The minimum Gasteiger partial charge on any atom is -0.490 e. The number of aryl methyl sites for hydroxylation is 1. The van der Waals surface area contributed by atoms with Crippen LogP contribution in [-0.4, -0.2) is 19.0 Å². The van der Waals surface area contributed by atoms with E-state index in [9.17, 15) is 4.79 Å². The zero-order chi connectivity index (χ0) is 18.2. The Kier molecular flexibility index (Phi) is 6.18. The van der Waals surface area contributed by atoms with Crippen molar-refractivity contribution in [2.24, 2.45) is 0 Å². The van der Waals surface area contributed by atoms with Crippen LogP contribution in [0.1, 0.15) is 27.0 Å². The molecule has 0 atom stereocenters. The van der Waals surface area contributed by atoms with Crippen molar-refractivity contribution in [2.45, 2.75) is 13.5 Å². The van der Waals surface area contributed by atoms with Crippen LogP contribution < -0.4 is 4.74 Å². The molecule has 0 radical (unpaired) electrons. The van der Waals surface area contributed by atoms with E-state index in [2.05, 4.69) is 0 Å². The summed E-state index contributed by atoms with van der Waals surface area (Å²) in [6, 6.07) is 24.9. The van der Waals surface area contributed by atoms with E-state index >= 15 is 0 Å². The van der Waals surface area contributed by atoms with Crippen molar-refractivity contribution in [3.05, 3.63) is 101 Å². The van der Waals surface area contributed by atoms with E-state index in [0.717, 1.165) is 11.1 Å². The summed E-state index contributed by atoms with van der Waals surface area (Å²) in [6.07, 6.45) is 0. The highest BCUT2D eigenvalue weighted by molar-refractivity contribution is 6.11. The van der Waals surface area contributed by atoms with Crippen molar-refractivity contribution in [3.8, 4) is 5.75 Å². The molecule has 0 spiro atoms. The Balaban J connectivity index is 1.59. The average molecular weight is 346 g/mol. The molecule has 0 unspecified atom stereocenters. The molecule has 0 saturated carbocycles. The maximum absolute atomic E-state index is 12.9. The van der Waals surface area contributed by atoms with Gasteiger partial charge in [0, 0.05) is 5.56 Å². The summed E-state index contributed by atoms with van der Waals surface area (Å²) in [6.45, 7) is 3.34. The van der Waals surface area contributed by atoms with Crippen molar-refractivity contribution < 1.29 is 14.3 Å². The first-order chi connectivity index (χ1) is 12.8. The summed E-state index contributed by atoms with van der Waals surface area (Å²) >= 11 is 0. The average Bonchev–Trinajstić information content (AvgIpc) is 2.69. The number of para-hydroxylation sites is 1. The maximum Gasteiger partial charge on any atom is 0.197 e. The molecule has 0 aliphatic rings. The Morgan fingerprint density at radius 2 is 1.42 bits per heavy atom. The van der Waals surface area contributed by atoms with Gasteiger partial charge in [0.25, 0.3) is 0 Å². The first kappa shape index (κ1) is 17.9. The molecule has 0 saturated heterocycles. The molecule has 0 fully saturated rings. The van der Waals surface area contributed by atoms with Crippen LogP contribution in [0.15, 0.2) is 78.9 Å². The second-order valence-electron chi connectivity index (χ2n) is 6.03. The van der Waals surface area contributed by atoms with Gasteiger partial charge in [-0.15, -0.1) is 0 Å². The fraction of sp³-hybridized carbons (Fsp3) is 0.174. The lowest BCUT2D eigenvalue weighted by Gasteiger charge is -2.12. The predicted octanol–water partition coefficient (Wildman–Crippen LogP) is 4.82. The summed E-state index contributed by atoms with van der Waals surface area (Å²) in [4.78, 5) is 12.9. The van der Waals surface area contributed by atoms with Gasteiger partial charge in [-0.3, -0.25) is 4.79 Å². The zero-order valence-corrected chi connectivity index (χ0v) is 14.9. The molecule has 3 nitrogen and oxygen atoms in total. The topological polar surface area (TPSA) is 35.5 Å². The Morgan fingerprint density at radius 3 is 2.19 bits per heavy atom. The summed E-state index contributed by atoms with van der Waals surface area (Å²) in [5, 5.41) is 0. The fourth-order valence-corrected chi connectivity index (χ4v) is 2.73. The molecule has 3 aromatic rings. The molecule has 3 rings (SSSR count). The van der Waals surface area contributed by atoms with Gasteiger partial charge in [0.05, 0.1) is 18.8 Å². The summed E-state index contributed by atoms with van der Waals surface area (Å²) in [5.74, 6) is 0.563. The molecule has 0 heterocycles. The number of ketones is 1. The first-order valence-electron chi connectivity index (χ1n) is 8.69. The second-order valence-corrected chi connectivity index (χ2v) is 6.03. The van der Waals surface area contributed by atoms with Crippen molar-refractivity contribution >= 4 is 5.78 Å². The molecule has 0 aliphatic heterocycles. The van der Waals surface area contributed by atoms with Gasteiger partial charge in [-0.05, 0) is 30.2 Å². The van der Waals surface area contributed by atoms with Crippen LogP contribution in [0, 0.1) is 6.92 Å². The zero-order valence-electron chi connectivity index (χ0n) is 14.9. The lowest BCUT2D eigenvalue weighted by Crippen LogP contribution is -2.11. The van der Waals surface area contributed by atoms with Crippen molar-refractivity contribution in [1.29, 1.82) is 0 Å². The van der Waals surface area contributed by atoms with Gasteiger partial charge < -0.3 is 9.47 Å². The number of rotatable bonds is 8. The standard InChI is InChI=1S/C23H22O3/c1-18-9-5-6-12-20(18)23(24)21-13-7-8-14-22(21)26-16-15-25-17-19-10-3-2-4-11-19/h2-14H,15-17H2,1H3. The van der Waals surface area contributed by atoms with Crippen LogP contribution in [0.2, 0.25) is 0 Å². The van der Waals surface area contributed by atoms with Crippen LogP contribution in [0.25, 0.3) is 0 Å². The Morgan fingerprint density at radius 1 is 0.769 bits per heavy atom. The summed E-state index contributed by atoms with van der Waals surface area (Å²) in [5.41, 5.74) is 3.36. The molecule has 0 aromatic heterocycles. The van der Waals surface area contributed by atoms with Crippen LogP contribution in [-0.2, 0) is 11.3 Å². The van der Waals surface area contributed by atoms with Gasteiger partial charge in [-0.2, -0.15) is 0 Å². The summed E-state index contributed by atoms with van der Waals surface area (Å²) in [7, 11) is 0. The van der Waals surface area contributed by atoms with Crippen molar-refractivity contribution in [1.82, 2.24) is 0 Å². The van der Waals surface area contributed by atoms with Gasteiger partial charge in [0.15, 0.2) is 5.78 Å². The number of carbonyl (C=O) groups excluding carboxylic acids is 1. The first-order valence-corrected chi connectivity index (χ1v) is 8.69. The van der Waals surface area contributed by atoms with E-state index in [0.29, 0.717) is 36.7 Å². The number of benzene rings is 3. The van der Waals surface area contributed by atoms with E-state index in [-0.39, 0.29) is 5.78 Å². The van der Waals surface area contributed by atoms with E-state index in [4.69, 9.17) is 9.47 Å². The number of carbonyl (C=O) groups is 1. The van der Waals surface area contributed by atoms with E-state index in [1.54, 1.807) is 6.07 Å². The highest BCUT2D eigenvalue weighted by Gasteiger charge is 2.15. The molecule has 0 bridgehead atoms. The lowest BCUT2D eigenvalue weighted by atomic mass is 9.98. The third-order valence-corrected chi connectivity index (χ3v) is 4.12. The third kappa shape index (κ3) is 4.58. The molecule has 3 aromatic carbocycles. The Bertz CT molecular complexity index is 856. The number of ether oxygens (including phenoxy) is 2. The monoisotopic (exact) mass is 346 g/mol. The minimum atomic E-state index is -0.0242.